The van der Waals surface area contributed by atoms with Gasteiger partial charge in [0, 0.05) is 0 Å². The Kier molecular flexibility index (Phi) is 2.48. The summed E-state index contributed by atoms with van der Waals surface area (Å²) in [6.07, 6.45) is 0. The zero-order valence-corrected chi connectivity index (χ0v) is 6.97. The van der Waals surface area contributed by atoms with Gasteiger partial charge in [0.2, 0.25) is 0 Å². The Hall–Kier alpha value is -2.05. The number of ether oxygens (including phenoxy) is 1. The predicted molar refractivity (Wildman–Crippen MR) is 43.5 cm³/mol. The third kappa shape index (κ3) is 1.75. The first kappa shape index (κ1) is 9.04. The number of hydrogen-bond acceptors (Lipinski definition) is 6. The minimum absolute atomic E-state index is 0.0948. The second-order valence-electron chi connectivity index (χ2n) is 2.14. The van der Waals surface area contributed by atoms with Gasteiger partial charge in [0.1, 0.15) is 0 Å². The van der Waals surface area contributed by atoms with Crippen LogP contribution in [0.3, 0.4) is 0 Å². The number of esters is 1. The molecule has 0 fully saturated rings. The molecule has 0 aromatic carbocycles. The van der Waals surface area contributed by atoms with Crippen LogP contribution in [0.1, 0.15) is 10.5 Å². The summed E-state index contributed by atoms with van der Waals surface area (Å²) in [7, 11) is 1.26. The average molecular weight is 183 g/mol. The van der Waals surface area contributed by atoms with Crippen LogP contribution < -0.4 is 17.2 Å². The Morgan fingerprint density at radius 3 is 2.85 bits per heavy atom. The van der Waals surface area contributed by atoms with Crippen LogP contribution in [0.2, 0.25) is 0 Å². The van der Waals surface area contributed by atoms with E-state index in [0.717, 1.165) is 4.79 Å². The number of carbonyl (C=O) groups excluding carboxylic acids is 1. The van der Waals surface area contributed by atoms with Crippen LogP contribution in [0.4, 0.5) is 0 Å². The van der Waals surface area contributed by atoms with Crippen molar-refractivity contribution in [3.05, 3.63) is 23.3 Å². The van der Waals surface area contributed by atoms with Crippen LogP contribution >= 0.6 is 0 Å². The van der Waals surface area contributed by atoms with Crippen LogP contribution in [0, 0.1) is 0 Å². The van der Waals surface area contributed by atoms with Gasteiger partial charge in [-0.3, -0.25) is 0 Å². The topological polar surface area (TPSA) is 109 Å². The van der Waals surface area contributed by atoms with E-state index >= 15 is 0 Å². The fraction of sp³-hybridized carbons (Fsp3) is 0.167. The molecule has 0 aliphatic carbocycles. The van der Waals surface area contributed by atoms with Crippen molar-refractivity contribution in [1.82, 2.24) is 9.89 Å². The molecule has 1 aromatic heterocycles. The summed E-state index contributed by atoms with van der Waals surface area (Å²) in [5, 5.41) is 6.98. The molecule has 0 atom stereocenters. The van der Waals surface area contributed by atoms with Gasteiger partial charge in [-0.05, 0) is 12.1 Å². The van der Waals surface area contributed by atoms with Gasteiger partial charge in [-0.2, -0.15) is 9.89 Å². The van der Waals surface area contributed by atoms with Crippen molar-refractivity contribution in [2.75, 3.05) is 13.0 Å². The highest BCUT2D eigenvalue weighted by Gasteiger charge is 2.06. The number of nitrogens with two attached hydrogens (primary N) is 2. The van der Waals surface area contributed by atoms with Crippen molar-refractivity contribution >= 4 is 5.97 Å². The minimum Gasteiger partial charge on any atom is -0.464 e. The Morgan fingerprint density at radius 2 is 2.38 bits per heavy atom. The molecule has 1 rings (SSSR count). The van der Waals surface area contributed by atoms with E-state index in [2.05, 4.69) is 14.9 Å². The van der Waals surface area contributed by atoms with E-state index in [0.29, 0.717) is 0 Å². The Labute approximate surface area is 73.6 Å². The van der Waals surface area contributed by atoms with Gasteiger partial charge in [-0.1, -0.05) is 0 Å². The molecule has 70 valence electrons. The largest absolute Gasteiger partial charge is 0.464 e. The summed E-state index contributed by atoms with van der Waals surface area (Å²) in [5.41, 5.74) is 0.352. The zero-order valence-electron chi connectivity index (χ0n) is 6.97. The second kappa shape index (κ2) is 3.57. The van der Waals surface area contributed by atoms with Crippen LogP contribution in [0.15, 0.2) is 17.2 Å². The molecule has 7 nitrogen and oxygen atoms in total. The molecule has 0 unspecified atom stereocenters. The van der Waals surface area contributed by atoms with Gasteiger partial charge in [-0.25, -0.2) is 4.79 Å². The predicted octanol–water partition coefficient (Wildman–Crippen LogP) is -1.84. The van der Waals surface area contributed by atoms with Gasteiger partial charge in [0.25, 0.3) is 0 Å². The first-order valence-electron chi connectivity index (χ1n) is 3.36. The molecule has 0 bridgehead atoms. The van der Waals surface area contributed by atoms with E-state index in [1.165, 1.54) is 19.2 Å². The second-order valence-corrected chi connectivity index (χ2v) is 2.14. The van der Waals surface area contributed by atoms with Crippen LogP contribution in [0.25, 0.3) is 0 Å². The molecule has 0 spiro atoms. The van der Waals surface area contributed by atoms with Crippen molar-refractivity contribution < 1.29 is 9.53 Å². The maximum absolute atomic E-state index is 10.9. The smallest absolute Gasteiger partial charge is 0.358 e. The molecule has 1 heterocycles. The lowest BCUT2D eigenvalue weighted by Crippen LogP contribution is -2.32. The number of carbonyl (C=O) groups is 1. The molecule has 0 saturated heterocycles. The van der Waals surface area contributed by atoms with Crippen molar-refractivity contribution in [1.29, 1.82) is 0 Å². The third-order valence-corrected chi connectivity index (χ3v) is 1.37. The standard InChI is InChI=1S/C6H9N5O2/c1-13-6(12)4-2-3-5(9-7)11(8)10-4/h2-3H,7-8H2,1H3/b9-5-. The Morgan fingerprint density at radius 1 is 1.69 bits per heavy atom. The summed E-state index contributed by atoms with van der Waals surface area (Å²) in [6, 6.07) is 2.88. The van der Waals surface area contributed by atoms with Gasteiger partial charge < -0.3 is 16.4 Å². The highest BCUT2D eigenvalue weighted by molar-refractivity contribution is 5.86. The molecule has 7 heteroatoms. The SMILES string of the molecule is COC(=O)c1cc/c(=N/N)n(N)n1. The molecular weight excluding hydrogens is 174 g/mol. The fourth-order valence-corrected chi connectivity index (χ4v) is 0.746. The minimum atomic E-state index is -0.567. The summed E-state index contributed by atoms with van der Waals surface area (Å²) < 4.78 is 4.43. The Balaban J connectivity index is 3.18. The van der Waals surface area contributed by atoms with E-state index in [-0.39, 0.29) is 11.2 Å². The highest BCUT2D eigenvalue weighted by Crippen LogP contribution is 1.91. The summed E-state index contributed by atoms with van der Waals surface area (Å²) in [4.78, 5) is 11.8. The van der Waals surface area contributed by atoms with E-state index < -0.39 is 5.97 Å². The van der Waals surface area contributed by atoms with Crippen molar-refractivity contribution in [2.45, 2.75) is 0 Å². The summed E-state index contributed by atoms with van der Waals surface area (Å²) in [6.45, 7) is 0. The molecule has 0 saturated carbocycles. The molecule has 1 aromatic rings. The van der Waals surface area contributed by atoms with Crippen LogP contribution in [-0.4, -0.2) is 23.0 Å². The molecular formula is C6H9N5O2. The molecule has 0 aliphatic heterocycles. The fourth-order valence-electron chi connectivity index (χ4n) is 0.746. The summed E-state index contributed by atoms with van der Waals surface area (Å²) >= 11 is 0. The first-order chi connectivity index (χ1) is 6.19. The van der Waals surface area contributed by atoms with E-state index in [4.69, 9.17) is 11.7 Å². The van der Waals surface area contributed by atoms with Crippen LogP contribution in [-0.2, 0) is 4.74 Å². The third-order valence-electron chi connectivity index (χ3n) is 1.37. The lowest BCUT2D eigenvalue weighted by molar-refractivity contribution is 0.0591. The van der Waals surface area contributed by atoms with Crippen molar-refractivity contribution in [3.8, 4) is 0 Å². The number of nitrogen functional groups attached to an aromatic ring is 1. The number of hydrogen-bond donors (Lipinski definition) is 2. The average Bonchev–Trinajstić information content (AvgIpc) is 2.16. The van der Waals surface area contributed by atoms with Gasteiger partial charge >= 0.3 is 5.97 Å². The number of nitrogens with zero attached hydrogens (tertiary/aromatic N) is 3. The first-order valence-corrected chi connectivity index (χ1v) is 3.36. The molecule has 0 radical (unpaired) electrons. The van der Waals surface area contributed by atoms with Crippen molar-refractivity contribution in [2.24, 2.45) is 10.9 Å². The molecule has 13 heavy (non-hydrogen) atoms. The molecule has 0 amide bonds. The van der Waals surface area contributed by atoms with Crippen LogP contribution in [0.5, 0.6) is 0 Å². The van der Waals surface area contributed by atoms with Gasteiger partial charge in [0.15, 0.2) is 11.2 Å². The van der Waals surface area contributed by atoms with Gasteiger partial charge in [0.05, 0.1) is 7.11 Å². The lowest BCUT2D eigenvalue weighted by Gasteiger charge is -2.00. The number of methoxy groups -OCH3 is 1. The van der Waals surface area contributed by atoms with Gasteiger partial charge in [-0.15, -0.1) is 5.10 Å². The van der Waals surface area contributed by atoms with Crippen molar-refractivity contribution in [3.63, 3.8) is 0 Å². The number of aromatic nitrogens is 2. The quantitative estimate of drug-likeness (QED) is 0.302. The maximum atomic E-state index is 10.9. The number of rotatable bonds is 1. The molecule has 0 aliphatic rings. The maximum Gasteiger partial charge on any atom is 0.358 e. The van der Waals surface area contributed by atoms with E-state index in [1.54, 1.807) is 0 Å². The lowest BCUT2D eigenvalue weighted by atomic mass is 10.4. The monoisotopic (exact) mass is 183 g/mol. The van der Waals surface area contributed by atoms with E-state index in [1.807, 2.05) is 0 Å². The van der Waals surface area contributed by atoms with E-state index in [9.17, 15) is 4.79 Å². The molecule has 4 N–H and O–H groups in total. The zero-order chi connectivity index (χ0) is 9.84. The summed E-state index contributed by atoms with van der Waals surface area (Å²) in [5.74, 6) is 9.76. The normalized spacial score (nSPS) is 11.3. The Bertz CT molecular complexity index is 383. The highest BCUT2D eigenvalue weighted by atomic mass is 16.5.